The van der Waals surface area contributed by atoms with E-state index in [-0.39, 0.29) is 11.8 Å². The van der Waals surface area contributed by atoms with Crippen LogP contribution in [0.1, 0.15) is 49.5 Å². The Morgan fingerprint density at radius 1 is 1.07 bits per heavy atom. The van der Waals surface area contributed by atoms with Gasteiger partial charge >= 0.3 is 0 Å². The van der Waals surface area contributed by atoms with Gasteiger partial charge in [-0.15, -0.1) is 0 Å². The summed E-state index contributed by atoms with van der Waals surface area (Å²) in [6.45, 7) is 8.12. The van der Waals surface area contributed by atoms with E-state index >= 15 is 0 Å². The quantitative estimate of drug-likeness (QED) is 0.711. The van der Waals surface area contributed by atoms with Gasteiger partial charge in [-0.3, -0.25) is 9.59 Å². The van der Waals surface area contributed by atoms with Crippen LogP contribution in [0.2, 0.25) is 0 Å². The van der Waals surface area contributed by atoms with Crippen molar-refractivity contribution in [3.8, 4) is 0 Å². The Morgan fingerprint density at radius 3 is 2.40 bits per heavy atom. The van der Waals surface area contributed by atoms with Crippen LogP contribution in [0.25, 0.3) is 0 Å². The molecule has 2 amide bonds. The molecule has 2 aromatic carbocycles. The molecule has 0 radical (unpaired) electrons. The standard InChI is InChI=1S/C25H33N3O2/c1-18(2)17-26-25(30)23-16-22(27-19(3)29)9-10-24(23)28-13-11-21(12-14-28)15-20-7-5-4-6-8-20/h4-10,16,18,21H,11-15,17H2,1-3H3,(H,26,30)(H,27,29). The molecule has 5 nitrogen and oxygen atoms in total. The summed E-state index contributed by atoms with van der Waals surface area (Å²) in [5, 5.41) is 5.81. The monoisotopic (exact) mass is 407 g/mol. The summed E-state index contributed by atoms with van der Waals surface area (Å²) in [4.78, 5) is 26.7. The van der Waals surface area contributed by atoms with Crippen LogP contribution in [-0.2, 0) is 11.2 Å². The lowest BCUT2D eigenvalue weighted by molar-refractivity contribution is -0.114. The molecule has 1 fully saturated rings. The maximum atomic E-state index is 12.9. The van der Waals surface area contributed by atoms with Crippen molar-refractivity contribution in [2.24, 2.45) is 11.8 Å². The summed E-state index contributed by atoms with van der Waals surface area (Å²) in [7, 11) is 0. The van der Waals surface area contributed by atoms with Gasteiger partial charge in [-0.1, -0.05) is 44.2 Å². The molecular weight excluding hydrogens is 374 g/mol. The van der Waals surface area contributed by atoms with E-state index in [2.05, 4.69) is 59.7 Å². The van der Waals surface area contributed by atoms with Gasteiger partial charge in [0.1, 0.15) is 0 Å². The minimum atomic E-state index is -0.141. The Labute approximate surface area is 179 Å². The zero-order chi connectivity index (χ0) is 21.5. The van der Waals surface area contributed by atoms with Crippen LogP contribution in [0.15, 0.2) is 48.5 Å². The number of piperidine rings is 1. The van der Waals surface area contributed by atoms with Crippen LogP contribution in [-0.4, -0.2) is 31.4 Å². The lowest BCUT2D eigenvalue weighted by atomic mass is 9.89. The average molecular weight is 408 g/mol. The Hall–Kier alpha value is -2.82. The van der Waals surface area contributed by atoms with Crippen LogP contribution in [0.5, 0.6) is 0 Å². The summed E-state index contributed by atoms with van der Waals surface area (Å²) in [6, 6.07) is 16.3. The van der Waals surface area contributed by atoms with Crippen molar-refractivity contribution in [1.82, 2.24) is 5.32 Å². The van der Waals surface area contributed by atoms with Crippen molar-refractivity contribution in [3.63, 3.8) is 0 Å². The molecule has 1 aliphatic heterocycles. The van der Waals surface area contributed by atoms with Crippen LogP contribution in [0.4, 0.5) is 11.4 Å². The van der Waals surface area contributed by atoms with Crippen molar-refractivity contribution >= 4 is 23.2 Å². The lowest BCUT2D eigenvalue weighted by Gasteiger charge is -2.35. The number of amides is 2. The van der Waals surface area contributed by atoms with E-state index in [1.54, 1.807) is 6.07 Å². The second-order valence-electron chi connectivity index (χ2n) is 8.64. The van der Waals surface area contributed by atoms with E-state index in [9.17, 15) is 9.59 Å². The maximum Gasteiger partial charge on any atom is 0.253 e. The zero-order valence-corrected chi connectivity index (χ0v) is 18.3. The lowest BCUT2D eigenvalue weighted by Crippen LogP contribution is -2.36. The fourth-order valence-corrected chi connectivity index (χ4v) is 3.99. The van der Waals surface area contributed by atoms with E-state index in [0.717, 1.165) is 38.0 Å². The first kappa shape index (κ1) is 21.9. The topological polar surface area (TPSA) is 61.4 Å². The van der Waals surface area contributed by atoms with Crippen molar-refractivity contribution in [1.29, 1.82) is 0 Å². The van der Waals surface area contributed by atoms with Gasteiger partial charge in [0.05, 0.1) is 5.56 Å². The number of anilines is 2. The fraction of sp³-hybridized carbons (Fsp3) is 0.440. The molecule has 0 saturated carbocycles. The van der Waals surface area contributed by atoms with E-state index in [1.807, 2.05) is 12.1 Å². The van der Waals surface area contributed by atoms with Gasteiger partial charge in [0.25, 0.3) is 5.91 Å². The summed E-state index contributed by atoms with van der Waals surface area (Å²) >= 11 is 0. The second kappa shape index (κ2) is 10.3. The molecule has 3 rings (SSSR count). The molecule has 1 aliphatic rings. The van der Waals surface area contributed by atoms with Gasteiger partial charge in [-0.25, -0.2) is 0 Å². The molecule has 160 valence electrons. The van der Waals surface area contributed by atoms with Gasteiger partial charge in [0.15, 0.2) is 0 Å². The highest BCUT2D eigenvalue weighted by molar-refractivity contribution is 6.02. The second-order valence-corrected chi connectivity index (χ2v) is 8.64. The highest BCUT2D eigenvalue weighted by atomic mass is 16.2. The third-order valence-electron chi connectivity index (χ3n) is 5.55. The smallest absolute Gasteiger partial charge is 0.253 e. The van der Waals surface area contributed by atoms with E-state index in [4.69, 9.17) is 0 Å². The largest absolute Gasteiger partial charge is 0.371 e. The van der Waals surface area contributed by atoms with Gasteiger partial charge in [-0.2, -0.15) is 0 Å². The molecule has 0 atom stereocenters. The summed E-state index contributed by atoms with van der Waals surface area (Å²) in [6.07, 6.45) is 3.32. The number of hydrogen-bond acceptors (Lipinski definition) is 3. The molecule has 0 aromatic heterocycles. The maximum absolute atomic E-state index is 12.9. The SMILES string of the molecule is CC(=O)Nc1ccc(N2CCC(Cc3ccccc3)CC2)c(C(=O)NCC(C)C)c1. The van der Waals surface area contributed by atoms with Crippen molar-refractivity contribution < 1.29 is 9.59 Å². The van der Waals surface area contributed by atoms with Crippen LogP contribution in [0, 0.1) is 11.8 Å². The Balaban J connectivity index is 1.72. The van der Waals surface area contributed by atoms with Crippen LogP contribution < -0.4 is 15.5 Å². The van der Waals surface area contributed by atoms with Gasteiger partial charge < -0.3 is 15.5 Å². The summed E-state index contributed by atoms with van der Waals surface area (Å²) in [5.74, 6) is 0.820. The zero-order valence-electron chi connectivity index (χ0n) is 18.3. The minimum Gasteiger partial charge on any atom is -0.371 e. The first-order valence-electron chi connectivity index (χ1n) is 10.9. The highest BCUT2D eigenvalue weighted by Crippen LogP contribution is 2.30. The van der Waals surface area contributed by atoms with Crippen LogP contribution in [0.3, 0.4) is 0 Å². The molecule has 1 saturated heterocycles. The highest BCUT2D eigenvalue weighted by Gasteiger charge is 2.23. The molecule has 30 heavy (non-hydrogen) atoms. The first-order chi connectivity index (χ1) is 14.4. The number of carbonyl (C=O) groups excluding carboxylic acids is 2. The van der Waals surface area contributed by atoms with Gasteiger partial charge in [0.2, 0.25) is 5.91 Å². The summed E-state index contributed by atoms with van der Waals surface area (Å²) < 4.78 is 0. The number of rotatable bonds is 7. The molecule has 0 bridgehead atoms. The number of benzene rings is 2. The van der Waals surface area contributed by atoms with Crippen molar-refractivity contribution in [2.45, 2.75) is 40.0 Å². The normalized spacial score (nSPS) is 14.6. The number of hydrogen-bond donors (Lipinski definition) is 2. The van der Waals surface area contributed by atoms with Gasteiger partial charge in [-0.05, 0) is 54.9 Å². The molecule has 1 heterocycles. The molecule has 0 unspecified atom stereocenters. The molecule has 0 spiro atoms. The average Bonchev–Trinajstić information content (AvgIpc) is 2.73. The fourth-order valence-electron chi connectivity index (χ4n) is 3.99. The Kier molecular flexibility index (Phi) is 7.50. The molecule has 2 N–H and O–H groups in total. The summed E-state index contributed by atoms with van der Waals surface area (Å²) in [5.41, 5.74) is 3.62. The van der Waals surface area contributed by atoms with Crippen LogP contribution >= 0.6 is 0 Å². The number of nitrogens with zero attached hydrogens (tertiary/aromatic N) is 1. The van der Waals surface area contributed by atoms with Gasteiger partial charge in [0, 0.05) is 37.9 Å². The predicted molar refractivity (Wildman–Crippen MR) is 123 cm³/mol. The number of carbonyl (C=O) groups is 2. The third-order valence-corrected chi connectivity index (χ3v) is 5.55. The third kappa shape index (κ3) is 6.09. The minimum absolute atomic E-state index is 0.0858. The number of nitrogens with one attached hydrogen (secondary N) is 2. The van der Waals surface area contributed by atoms with E-state index in [1.165, 1.54) is 12.5 Å². The van der Waals surface area contributed by atoms with E-state index < -0.39 is 0 Å². The Morgan fingerprint density at radius 2 is 1.77 bits per heavy atom. The molecule has 5 heteroatoms. The first-order valence-corrected chi connectivity index (χ1v) is 10.9. The Bertz CT molecular complexity index is 856. The van der Waals surface area contributed by atoms with Crippen molar-refractivity contribution in [2.75, 3.05) is 29.9 Å². The molecular formula is C25H33N3O2. The van der Waals surface area contributed by atoms with Crippen molar-refractivity contribution in [3.05, 3.63) is 59.7 Å². The molecule has 0 aliphatic carbocycles. The predicted octanol–water partition coefficient (Wildman–Crippen LogP) is 4.49. The van der Waals surface area contributed by atoms with E-state index in [0.29, 0.717) is 29.6 Å². The molecule has 2 aromatic rings.